The SMILES string of the molecule is COC(=O)CC[C@H](NC(=O)c1cncn1C)C(=O)O. The number of hydrogen-bond donors (Lipinski definition) is 2. The second-order valence-electron chi connectivity index (χ2n) is 3.87. The number of carbonyl (C=O) groups excluding carboxylic acids is 2. The molecule has 0 aliphatic rings. The Morgan fingerprint density at radius 3 is 2.68 bits per heavy atom. The number of ether oxygens (including phenoxy) is 1. The van der Waals surface area contributed by atoms with Crippen LogP contribution in [-0.4, -0.2) is 45.7 Å². The van der Waals surface area contributed by atoms with Crippen molar-refractivity contribution in [2.24, 2.45) is 7.05 Å². The molecule has 104 valence electrons. The number of nitrogens with zero attached hydrogens (tertiary/aromatic N) is 2. The second-order valence-corrected chi connectivity index (χ2v) is 3.87. The maximum absolute atomic E-state index is 11.8. The number of aliphatic carboxylic acids is 1. The first kappa shape index (κ1) is 14.7. The van der Waals surface area contributed by atoms with E-state index < -0.39 is 23.9 Å². The number of nitrogens with one attached hydrogen (secondary N) is 1. The molecular formula is C11H15N3O5. The number of rotatable bonds is 6. The smallest absolute Gasteiger partial charge is 0.326 e. The number of methoxy groups -OCH3 is 1. The Labute approximate surface area is 109 Å². The highest BCUT2D eigenvalue weighted by Gasteiger charge is 2.22. The van der Waals surface area contributed by atoms with Gasteiger partial charge in [0.05, 0.1) is 19.6 Å². The zero-order valence-electron chi connectivity index (χ0n) is 10.6. The molecule has 1 heterocycles. The van der Waals surface area contributed by atoms with E-state index in [1.54, 1.807) is 7.05 Å². The van der Waals surface area contributed by atoms with Crippen LogP contribution in [0.2, 0.25) is 0 Å². The van der Waals surface area contributed by atoms with Gasteiger partial charge in [-0.25, -0.2) is 9.78 Å². The summed E-state index contributed by atoms with van der Waals surface area (Å²) < 4.78 is 5.88. The highest BCUT2D eigenvalue weighted by Crippen LogP contribution is 2.03. The van der Waals surface area contributed by atoms with Crippen molar-refractivity contribution >= 4 is 17.8 Å². The van der Waals surface area contributed by atoms with Crippen molar-refractivity contribution in [2.75, 3.05) is 7.11 Å². The van der Waals surface area contributed by atoms with Gasteiger partial charge in [-0.05, 0) is 6.42 Å². The van der Waals surface area contributed by atoms with Crippen molar-refractivity contribution in [3.63, 3.8) is 0 Å². The molecule has 2 N–H and O–H groups in total. The van der Waals surface area contributed by atoms with Gasteiger partial charge >= 0.3 is 11.9 Å². The molecule has 0 bridgehead atoms. The number of aromatic nitrogens is 2. The van der Waals surface area contributed by atoms with E-state index in [9.17, 15) is 14.4 Å². The summed E-state index contributed by atoms with van der Waals surface area (Å²) in [5, 5.41) is 11.3. The number of carboxylic acids is 1. The van der Waals surface area contributed by atoms with E-state index in [-0.39, 0.29) is 18.5 Å². The van der Waals surface area contributed by atoms with Crippen LogP contribution in [0.5, 0.6) is 0 Å². The summed E-state index contributed by atoms with van der Waals surface area (Å²) in [6, 6.07) is -1.15. The molecule has 0 saturated carbocycles. The van der Waals surface area contributed by atoms with Crippen LogP contribution in [0.25, 0.3) is 0 Å². The summed E-state index contributed by atoms with van der Waals surface area (Å²) in [7, 11) is 2.83. The number of imidazole rings is 1. The molecule has 0 aliphatic carbocycles. The molecular weight excluding hydrogens is 254 g/mol. The third-order valence-electron chi connectivity index (χ3n) is 2.52. The standard InChI is InChI=1S/C11H15N3O5/c1-14-6-12-5-8(14)10(16)13-7(11(17)18)3-4-9(15)19-2/h5-7H,3-4H2,1-2H3,(H,13,16)(H,17,18)/t7-/m0/s1. The molecule has 1 atom stereocenters. The Kier molecular flexibility index (Phi) is 5.04. The predicted octanol–water partition coefficient (Wildman–Crippen LogP) is -0.444. The van der Waals surface area contributed by atoms with Crippen molar-refractivity contribution in [1.29, 1.82) is 0 Å². The molecule has 0 fully saturated rings. The van der Waals surface area contributed by atoms with Crippen LogP contribution in [-0.2, 0) is 21.4 Å². The van der Waals surface area contributed by atoms with Gasteiger partial charge in [0.15, 0.2) is 0 Å². The minimum atomic E-state index is -1.21. The Morgan fingerprint density at radius 1 is 1.53 bits per heavy atom. The topological polar surface area (TPSA) is 111 Å². The molecule has 1 amide bonds. The van der Waals surface area contributed by atoms with E-state index in [1.807, 2.05) is 0 Å². The summed E-state index contributed by atoms with van der Waals surface area (Å²) in [5.41, 5.74) is 0.240. The van der Waals surface area contributed by atoms with Crippen molar-refractivity contribution < 1.29 is 24.2 Å². The van der Waals surface area contributed by atoms with E-state index in [2.05, 4.69) is 15.0 Å². The third-order valence-corrected chi connectivity index (χ3v) is 2.52. The Balaban J connectivity index is 2.64. The van der Waals surface area contributed by atoms with Crippen LogP contribution in [0, 0.1) is 0 Å². The summed E-state index contributed by atoms with van der Waals surface area (Å²) in [4.78, 5) is 37.5. The first-order valence-corrected chi connectivity index (χ1v) is 5.52. The molecule has 0 unspecified atom stereocenters. The second kappa shape index (κ2) is 6.53. The lowest BCUT2D eigenvalue weighted by Crippen LogP contribution is -2.41. The molecule has 0 spiro atoms. The Bertz CT molecular complexity index is 482. The summed E-state index contributed by atoms with van der Waals surface area (Å²) >= 11 is 0. The van der Waals surface area contributed by atoms with Crippen LogP contribution in [0.15, 0.2) is 12.5 Å². The van der Waals surface area contributed by atoms with E-state index in [4.69, 9.17) is 5.11 Å². The van der Waals surface area contributed by atoms with Gasteiger partial charge in [-0.3, -0.25) is 9.59 Å². The van der Waals surface area contributed by atoms with Gasteiger partial charge in [0.2, 0.25) is 0 Å². The van der Waals surface area contributed by atoms with E-state index in [1.165, 1.54) is 24.2 Å². The maximum Gasteiger partial charge on any atom is 0.326 e. The van der Waals surface area contributed by atoms with Gasteiger partial charge in [0.25, 0.3) is 5.91 Å². The summed E-state index contributed by atoms with van der Waals surface area (Å²) in [5.74, 6) is -2.29. The first-order valence-electron chi connectivity index (χ1n) is 5.52. The summed E-state index contributed by atoms with van der Waals surface area (Å²) in [6.07, 6.45) is 2.64. The molecule has 8 heteroatoms. The van der Waals surface area contributed by atoms with Gasteiger partial charge in [0.1, 0.15) is 11.7 Å². The van der Waals surface area contributed by atoms with Gasteiger partial charge in [-0.2, -0.15) is 0 Å². The number of carboxylic acid groups (broad SMARTS) is 1. The molecule has 1 aromatic rings. The lowest BCUT2D eigenvalue weighted by molar-refractivity contribution is -0.142. The van der Waals surface area contributed by atoms with Crippen LogP contribution in [0.4, 0.5) is 0 Å². The molecule has 0 saturated heterocycles. The Morgan fingerprint density at radius 2 is 2.21 bits per heavy atom. The molecule has 0 radical (unpaired) electrons. The average molecular weight is 269 g/mol. The fourth-order valence-electron chi connectivity index (χ4n) is 1.43. The predicted molar refractivity (Wildman–Crippen MR) is 63.3 cm³/mol. The van der Waals surface area contributed by atoms with Gasteiger partial charge < -0.3 is 19.7 Å². The minimum Gasteiger partial charge on any atom is -0.480 e. The largest absolute Gasteiger partial charge is 0.480 e. The molecule has 19 heavy (non-hydrogen) atoms. The quantitative estimate of drug-likeness (QED) is 0.677. The number of aryl methyl sites for hydroxylation is 1. The lowest BCUT2D eigenvalue weighted by atomic mass is 10.1. The van der Waals surface area contributed by atoms with Crippen LogP contribution < -0.4 is 5.32 Å². The van der Waals surface area contributed by atoms with Crippen molar-refractivity contribution in [1.82, 2.24) is 14.9 Å². The minimum absolute atomic E-state index is 0.0361. The van der Waals surface area contributed by atoms with Crippen molar-refractivity contribution in [2.45, 2.75) is 18.9 Å². The van der Waals surface area contributed by atoms with Crippen LogP contribution in [0.3, 0.4) is 0 Å². The Hall–Kier alpha value is -2.38. The van der Waals surface area contributed by atoms with Gasteiger partial charge in [-0.15, -0.1) is 0 Å². The van der Waals surface area contributed by atoms with Crippen molar-refractivity contribution in [3.8, 4) is 0 Å². The fraction of sp³-hybridized carbons (Fsp3) is 0.455. The first-order chi connectivity index (χ1) is 8.95. The number of esters is 1. The van der Waals surface area contributed by atoms with E-state index in [0.29, 0.717) is 0 Å². The maximum atomic E-state index is 11.8. The highest BCUT2D eigenvalue weighted by molar-refractivity contribution is 5.95. The summed E-state index contributed by atoms with van der Waals surface area (Å²) in [6.45, 7) is 0. The number of hydrogen-bond acceptors (Lipinski definition) is 5. The van der Waals surface area contributed by atoms with Crippen LogP contribution >= 0.6 is 0 Å². The lowest BCUT2D eigenvalue weighted by Gasteiger charge is -2.13. The third kappa shape index (κ3) is 4.09. The van der Waals surface area contributed by atoms with Crippen LogP contribution in [0.1, 0.15) is 23.3 Å². The zero-order chi connectivity index (χ0) is 14.4. The molecule has 1 rings (SSSR count). The number of carbonyl (C=O) groups is 3. The molecule has 1 aromatic heterocycles. The van der Waals surface area contributed by atoms with Crippen molar-refractivity contribution in [3.05, 3.63) is 18.2 Å². The van der Waals surface area contributed by atoms with E-state index >= 15 is 0 Å². The highest BCUT2D eigenvalue weighted by atomic mass is 16.5. The monoisotopic (exact) mass is 269 g/mol. The fourth-order valence-corrected chi connectivity index (χ4v) is 1.43. The molecule has 0 aliphatic heterocycles. The molecule has 8 nitrogen and oxygen atoms in total. The van der Waals surface area contributed by atoms with E-state index in [0.717, 1.165) is 0 Å². The van der Waals surface area contributed by atoms with Gasteiger partial charge in [0, 0.05) is 13.5 Å². The number of amides is 1. The van der Waals surface area contributed by atoms with Gasteiger partial charge in [-0.1, -0.05) is 0 Å². The average Bonchev–Trinajstić information content (AvgIpc) is 2.79. The molecule has 0 aromatic carbocycles. The zero-order valence-corrected chi connectivity index (χ0v) is 10.6. The normalized spacial score (nSPS) is 11.7.